The first-order chi connectivity index (χ1) is 16.9. The Bertz CT molecular complexity index is 1310. The summed E-state index contributed by atoms with van der Waals surface area (Å²) in [5.74, 6) is -0.0259. The number of fused-ring (bicyclic) bond motifs is 1. The molecule has 5 rings (SSSR count). The van der Waals surface area contributed by atoms with Crippen molar-refractivity contribution in [2.45, 2.75) is 36.6 Å². The van der Waals surface area contributed by atoms with E-state index in [0.29, 0.717) is 57.6 Å². The molecule has 184 valence electrons. The van der Waals surface area contributed by atoms with E-state index in [4.69, 9.17) is 4.42 Å². The molecule has 2 fully saturated rings. The Morgan fingerprint density at radius 2 is 1.57 bits per heavy atom. The molecule has 35 heavy (non-hydrogen) atoms. The molecule has 3 aromatic rings. The van der Waals surface area contributed by atoms with Gasteiger partial charge < -0.3 is 14.6 Å². The predicted molar refractivity (Wildman–Crippen MR) is 131 cm³/mol. The number of piperidine rings is 2. The average molecular weight is 496 g/mol. The fourth-order valence-electron chi connectivity index (χ4n) is 4.94. The fraction of sp³-hybridized carbons (Fsp3) is 0.385. The van der Waals surface area contributed by atoms with Gasteiger partial charge in [0.05, 0.1) is 11.2 Å². The van der Waals surface area contributed by atoms with E-state index >= 15 is 0 Å². The first-order valence-corrected chi connectivity index (χ1v) is 13.5. The van der Waals surface area contributed by atoms with E-state index in [1.165, 1.54) is 10.6 Å². The van der Waals surface area contributed by atoms with Crippen LogP contribution < -0.4 is 5.32 Å². The minimum atomic E-state index is -3.61. The molecule has 2 aliphatic rings. The summed E-state index contributed by atoms with van der Waals surface area (Å²) >= 11 is 0. The quantitative estimate of drug-likeness (QED) is 0.586. The van der Waals surface area contributed by atoms with E-state index in [2.05, 4.69) is 5.32 Å². The third-order valence-corrected chi connectivity index (χ3v) is 8.94. The standard InChI is InChI=1S/C26H29N3O5S/c30-25(27-22-11-13-28(14-12-22)26(31)24-6-3-17-34-24)20-9-15-29(16-10-20)35(32,33)23-8-7-19-4-1-2-5-21(19)18-23/h1-8,17-18,20,22H,9-16H2,(H,27,30). The van der Waals surface area contributed by atoms with Crippen LogP contribution in [0.2, 0.25) is 0 Å². The van der Waals surface area contributed by atoms with Crippen LogP contribution >= 0.6 is 0 Å². The van der Waals surface area contributed by atoms with Crippen molar-refractivity contribution in [3.05, 3.63) is 66.6 Å². The number of amides is 2. The number of furan rings is 1. The molecule has 0 unspecified atom stereocenters. The van der Waals surface area contributed by atoms with Gasteiger partial charge in [-0.25, -0.2) is 8.42 Å². The monoisotopic (exact) mass is 495 g/mol. The van der Waals surface area contributed by atoms with Gasteiger partial charge in [0, 0.05) is 38.1 Å². The number of sulfonamides is 1. The van der Waals surface area contributed by atoms with Crippen molar-refractivity contribution in [1.82, 2.24) is 14.5 Å². The normalized spacial score (nSPS) is 18.6. The SMILES string of the molecule is O=C(NC1CCN(C(=O)c2ccco2)CC1)C1CCN(S(=O)(=O)c2ccc3ccccc3c2)CC1. The maximum atomic E-state index is 13.2. The third kappa shape index (κ3) is 4.97. The molecule has 2 amide bonds. The smallest absolute Gasteiger partial charge is 0.289 e. The number of hydrogen-bond acceptors (Lipinski definition) is 5. The van der Waals surface area contributed by atoms with Crippen molar-refractivity contribution in [1.29, 1.82) is 0 Å². The van der Waals surface area contributed by atoms with E-state index in [1.54, 1.807) is 29.2 Å². The number of nitrogens with one attached hydrogen (secondary N) is 1. The molecule has 2 saturated heterocycles. The van der Waals surface area contributed by atoms with Gasteiger partial charge in [-0.15, -0.1) is 0 Å². The molecule has 2 aromatic carbocycles. The highest BCUT2D eigenvalue weighted by Gasteiger charge is 2.33. The summed E-state index contributed by atoms with van der Waals surface area (Å²) < 4.78 is 33.0. The summed E-state index contributed by atoms with van der Waals surface area (Å²) in [6.45, 7) is 1.77. The van der Waals surface area contributed by atoms with Gasteiger partial charge in [-0.3, -0.25) is 9.59 Å². The second kappa shape index (κ2) is 9.83. The molecule has 2 aliphatic heterocycles. The van der Waals surface area contributed by atoms with Crippen molar-refractivity contribution in [2.24, 2.45) is 5.92 Å². The van der Waals surface area contributed by atoms with Crippen LogP contribution in [0, 0.1) is 5.92 Å². The van der Waals surface area contributed by atoms with Crippen molar-refractivity contribution in [3.63, 3.8) is 0 Å². The van der Waals surface area contributed by atoms with Crippen LogP contribution in [-0.4, -0.2) is 61.7 Å². The van der Waals surface area contributed by atoms with Crippen molar-refractivity contribution >= 4 is 32.6 Å². The molecule has 0 bridgehead atoms. The van der Waals surface area contributed by atoms with Gasteiger partial charge in [0.15, 0.2) is 5.76 Å². The lowest BCUT2D eigenvalue weighted by molar-refractivity contribution is -0.127. The minimum Gasteiger partial charge on any atom is -0.459 e. The predicted octanol–water partition coefficient (Wildman–Crippen LogP) is 3.25. The lowest BCUT2D eigenvalue weighted by atomic mass is 9.96. The Labute approximate surface area is 204 Å². The second-order valence-electron chi connectivity index (χ2n) is 9.24. The van der Waals surface area contributed by atoms with E-state index in [-0.39, 0.29) is 28.7 Å². The topological polar surface area (TPSA) is 99.9 Å². The van der Waals surface area contributed by atoms with Crippen LogP contribution in [0.5, 0.6) is 0 Å². The zero-order valence-corrected chi connectivity index (χ0v) is 20.2. The molecule has 1 aromatic heterocycles. The lowest BCUT2D eigenvalue weighted by Gasteiger charge is -2.34. The van der Waals surface area contributed by atoms with Gasteiger partial charge in [-0.05, 0) is 60.7 Å². The highest BCUT2D eigenvalue weighted by atomic mass is 32.2. The minimum absolute atomic E-state index is 0.0162. The van der Waals surface area contributed by atoms with Gasteiger partial charge in [-0.2, -0.15) is 4.31 Å². The summed E-state index contributed by atoms with van der Waals surface area (Å²) in [7, 11) is -3.61. The van der Waals surface area contributed by atoms with Crippen molar-refractivity contribution < 1.29 is 22.4 Å². The van der Waals surface area contributed by atoms with Gasteiger partial charge >= 0.3 is 0 Å². The molecule has 0 spiro atoms. The third-order valence-electron chi connectivity index (χ3n) is 7.04. The summed E-state index contributed by atoms with van der Waals surface area (Å²) in [6.07, 6.45) is 3.85. The highest BCUT2D eigenvalue weighted by Crippen LogP contribution is 2.27. The molecular formula is C26H29N3O5S. The first kappa shape index (κ1) is 23.6. The number of carbonyl (C=O) groups is 2. The fourth-order valence-corrected chi connectivity index (χ4v) is 6.44. The Hall–Kier alpha value is -3.17. The number of likely N-dealkylation sites (tertiary alicyclic amines) is 1. The van der Waals surface area contributed by atoms with E-state index < -0.39 is 10.0 Å². The number of carbonyl (C=O) groups excluding carboxylic acids is 2. The summed E-state index contributed by atoms with van der Waals surface area (Å²) in [5.41, 5.74) is 0. The van der Waals surface area contributed by atoms with Crippen molar-refractivity contribution in [3.8, 4) is 0 Å². The highest BCUT2D eigenvalue weighted by molar-refractivity contribution is 7.89. The largest absolute Gasteiger partial charge is 0.459 e. The average Bonchev–Trinajstić information content (AvgIpc) is 3.43. The summed E-state index contributed by atoms with van der Waals surface area (Å²) in [6, 6.07) is 16.2. The molecule has 8 nitrogen and oxygen atoms in total. The molecule has 0 saturated carbocycles. The molecular weight excluding hydrogens is 466 g/mol. The van der Waals surface area contributed by atoms with E-state index in [9.17, 15) is 18.0 Å². The van der Waals surface area contributed by atoms with Crippen LogP contribution in [0.4, 0.5) is 0 Å². The summed E-state index contributed by atoms with van der Waals surface area (Å²) in [5, 5.41) is 5.01. The number of nitrogens with zero attached hydrogens (tertiary/aromatic N) is 2. The van der Waals surface area contributed by atoms with Gasteiger partial charge in [0.1, 0.15) is 0 Å². The molecule has 0 aliphatic carbocycles. The molecule has 0 radical (unpaired) electrons. The van der Waals surface area contributed by atoms with Crippen LogP contribution in [0.25, 0.3) is 10.8 Å². The molecule has 0 atom stereocenters. The van der Waals surface area contributed by atoms with Crippen LogP contribution in [0.15, 0.2) is 70.2 Å². The molecule has 9 heteroatoms. The van der Waals surface area contributed by atoms with E-state index in [1.807, 2.05) is 30.3 Å². The van der Waals surface area contributed by atoms with Crippen LogP contribution in [0.1, 0.15) is 36.2 Å². The second-order valence-corrected chi connectivity index (χ2v) is 11.2. The number of hydrogen-bond donors (Lipinski definition) is 1. The lowest BCUT2D eigenvalue weighted by Crippen LogP contribution is -2.49. The number of rotatable bonds is 5. The van der Waals surface area contributed by atoms with Gasteiger partial charge in [-0.1, -0.05) is 30.3 Å². The maximum Gasteiger partial charge on any atom is 0.289 e. The Balaban J connectivity index is 1.12. The Morgan fingerprint density at radius 3 is 2.26 bits per heavy atom. The zero-order valence-electron chi connectivity index (χ0n) is 19.4. The number of benzene rings is 2. The van der Waals surface area contributed by atoms with Crippen molar-refractivity contribution in [2.75, 3.05) is 26.2 Å². The van der Waals surface area contributed by atoms with Gasteiger partial charge in [0.25, 0.3) is 5.91 Å². The maximum absolute atomic E-state index is 13.2. The van der Waals surface area contributed by atoms with E-state index in [0.717, 1.165) is 10.8 Å². The van der Waals surface area contributed by atoms with Crippen LogP contribution in [0.3, 0.4) is 0 Å². The Kier molecular flexibility index (Phi) is 6.62. The zero-order chi connectivity index (χ0) is 24.4. The molecule has 3 heterocycles. The Morgan fingerprint density at radius 1 is 0.857 bits per heavy atom. The molecule has 1 N–H and O–H groups in total. The van der Waals surface area contributed by atoms with Gasteiger partial charge in [0.2, 0.25) is 15.9 Å². The van der Waals surface area contributed by atoms with Crippen LogP contribution in [-0.2, 0) is 14.8 Å². The first-order valence-electron chi connectivity index (χ1n) is 12.0. The summed E-state index contributed by atoms with van der Waals surface area (Å²) in [4.78, 5) is 27.3.